The lowest BCUT2D eigenvalue weighted by Gasteiger charge is -2.12. The fourth-order valence-electron chi connectivity index (χ4n) is 2.02. The maximum Gasteiger partial charge on any atom is 0.265 e. The van der Waals surface area contributed by atoms with Crippen LogP contribution in [0.3, 0.4) is 0 Å². The van der Waals surface area contributed by atoms with Crippen molar-refractivity contribution in [1.82, 2.24) is 4.72 Å². The molecule has 25 heavy (non-hydrogen) atoms. The second kappa shape index (κ2) is 6.61. The Morgan fingerprint density at radius 1 is 1.04 bits per heavy atom. The van der Waals surface area contributed by atoms with Crippen LogP contribution in [0.25, 0.3) is 0 Å². The highest BCUT2D eigenvalue weighted by atomic mass is 32.2. The van der Waals surface area contributed by atoms with Crippen molar-refractivity contribution < 1.29 is 21.6 Å². The highest BCUT2D eigenvalue weighted by Crippen LogP contribution is 2.30. The van der Waals surface area contributed by atoms with Gasteiger partial charge in [-0.25, -0.2) is 27.1 Å². The number of sulfonamides is 1. The molecule has 2 aromatic carbocycles. The molecule has 0 fully saturated rings. The van der Waals surface area contributed by atoms with E-state index in [9.17, 15) is 21.6 Å². The fourth-order valence-corrected chi connectivity index (χ4v) is 5.09. The molecule has 0 aromatic heterocycles. The van der Waals surface area contributed by atoms with Crippen LogP contribution in [0.2, 0.25) is 0 Å². The Morgan fingerprint density at radius 2 is 1.64 bits per heavy atom. The zero-order chi connectivity index (χ0) is 18.8. The summed E-state index contributed by atoms with van der Waals surface area (Å²) in [4.78, 5) is 9.76. The van der Waals surface area contributed by atoms with E-state index in [1.54, 1.807) is 4.72 Å². The zero-order valence-electron chi connectivity index (χ0n) is 12.9. The zero-order valence-corrected chi connectivity index (χ0v) is 14.6. The summed E-state index contributed by atoms with van der Waals surface area (Å²) < 4.78 is 52.0. The highest BCUT2D eigenvalue weighted by molar-refractivity contribution is 7.94. The number of carbonyl (C=O) groups excluding carboxylic acids is 1. The van der Waals surface area contributed by atoms with E-state index < -0.39 is 35.6 Å². The SMILES string of the molecule is CC(=O)NS(=O)(=O)c1cc(N=N)ccc1S(=O)(=O)c1ccc(N)cc1. The highest BCUT2D eigenvalue weighted by Gasteiger charge is 2.29. The minimum absolute atomic E-state index is 0.0832. The van der Waals surface area contributed by atoms with Crippen LogP contribution in [0.15, 0.2) is 62.3 Å². The van der Waals surface area contributed by atoms with Crippen molar-refractivity contribution in [3.8, 4) is 0 Å². The smallest absolute Gasteiger partial charge is 0.265 e. The number of rotatable bonds is 5. The van der Waals surface area contributed by atoms with E-state index in [1.165, 1.54) is 30.3 Å². The number of nitrogen functional groups attached to an aromatic ring is 1. The third-order valence-electron chi connectivity index (χ3n) is 3.10. The summed E-state index contributed by atoms with van der Waals surface area (Å²) in [5, 5.41) is 3.09. The van der Waals surface area contributed by atoms with Gasteiger partial charge in [-0.2, -0.15) is 5.11 Å². The first-order valence-corrected chi connectivity index (χ1v) is 9.70. The van der Waals surface area contributed by atoms with E-state index in [0.29, 0.717) is 5.69 Å². The van der Waals surface area contributed by atoms with Crippen LogP contribution in [0.1, 0.15) is 6.92 Å². The lowest BCUT2D eigenvalue weighted by atomic mass is 10.3. The standard InChI is InChI=1S/C14H14N4O5S2/c1-9(19)18-25(22,23)14-8-11(17-16)4-7-13(14)24(20,21)12-5-2-10(15)3-6-12/h2-8,16H,15H2,1H3,(H,18,19). The number of sulfone groups is 1. The van der Waals surface area contributed by atoms with Gasteiger partial charge in [0.1, 0.15) is 4.90 Å². The minimum atomic E-state index is -4.47. The van der Waals surface area contributed by atoms with Crippen molar-refractivity contribution in [1.29, 1.82) is 5.53 Å². The molecule has 0 aliphatic carbocycles. The van der Waals surface area contributed by atoms with Gasteiger partial charge in [-0.3, -0.25) is 4.79 Å². The molecule has 9 nitrogen and oxygen atoms in total. The van der Waals surface area contributed by atoms with Crippen molar-refractivity contribution in [2.75, 3.05) is 5.73 Å². The molecule has 0 spiro atoms. The normalized spacial score (nSPS) is 11.7. The van der Waals surface area contributed by atoms with Crippen LogP contribution in [-0.2, 0) is 24.7 Å². The first-order valence-electron chi connectivity index (χ1n) is 6.73. The Balaban J connectivity index is 2.75. The van der Waals surface area contributed by atoms with Gasteiger partial charge in [0.25, 0.3) is 10.0 Å². The van der Waals surface area contributed by atoms with Gasteiger partial charge in [0.05, 0.1) is 15.5 Å². The summed E-state index contributed by atoms with van der Waals surface area (Å²) in [5.41, 5.74) is 12.8. The number of nitrogens with zero attached hydrogens (tertiary/aromatic N) is 1. The van der Waals surface area contributed by atoms with Crippen LogP contribution in [-0.4, -0.2) is 22.7 Å². The Hall–Kier alpha value is -2.79. The molecule has 1 amide bonds. The third kappa shape index (κ3) is 3.83. The van der Waals surface area contributed by atoms with E-state index >= 15 is 0 Å². The van der Waals surface area contributed by atoms with Gasteiger partial charge >= 0.3 is 0 Å². The monoisotopic (exact) mass is 382 g/mol. The predicted octanol–water partition coefficient (Wildman–Crippen LogP) is 1.59. The predicted molar refractivity (Wildman–Crippen MR) is 88.6 cm³/mol. The number of hydrogen-bond acceptors (Lipinski definition) is 8. The number of anilines is 1. The molecular formula is C14H14N4O5S2. The average Bonchev–Trinajstić information content (AvgIpc) is 2.53. The van der Waals surface area contributed by atoms with Crippen LogP contribution in [0, 0.1) is 5.53 Å². The Bertz CT molecular complexity index is 1050. The molecular weight excluding hydrogens is 368 g/mol. The van der Waals surface area contributed by atoms with Gasteiger partial charge in [-0.15, -0.1) is 0 Å². The van der Waals surface area contributed by atoms with Gasteiger partial charge in [-0.05, 0) is 42.5 Å². The van der Waals surface area contributed by atoms with Crippen LogP contribution < -0.4 is 10.5 Å². The quantitative estimate of drug-likeness (QED) is 0.526. The van der Waals surface area contributed by atoms with Crippen molar-refractivity contribution in [2.45, 2.75) is 21.6 Å². The molecule has 0 saturated heterocycles. The first kappa shape index (κ1) is 18.5. The van der Waals surface area contributed by atoms with Crippen molar-refractivity contribution in [3.63, 3.8) is 0 Å². The largest absolute Gasteiger partial charge is 0.399 e. The summed E-state index contributed by atoms with van der Waals surface area (Å²) in [7, 11) is -8.69. The minimum Gasteiger partial charge on any atom is -0.399 e. The number of carbonyl (C=O) groups is 1. The number of hydrogen-bond donors (Lipinski definition) is 3. The summed E-state index contributed by atoms with van der Waals surface area (Å²) in [6, 6.07) is 8.31. The lowest BCUT2D eigenvalue weighted by Crippen LogP contribution is -2.29. The van der Waals surface area contributed by atoms with E-state index in [4.69, 9.17) is 11.3 Å². The Kier molecular flexibility index (Phi) is 4.90. The second-order valence-corrected chi connectivity index (χ2v) is 8.55. The van der Waals surface area contributed by atoms with Crippen LogP contribution >= 0.6 is 0 Å². The summed E-state index contributed by atoms with van der Waals surface area (Å²) >= 11 is 0. The molecule has 0 heterocycles. The summed E-state index contributed by atoms with van der Waals surface area (Å²) in [6.07, 6.45) is 0. The van der Waals surface area contributed by atoms with Gasteiger partial charge in [-0.1, -0.05) is 0 Å². The molecule has 2 rings (SSSR count). The number of amides is 1. The number of nitrogens with one attached hydrogen (secondary N) is 2. The van der Waals surface area contributed by atoms with E-state index in [0.717, 1.165) is 19.1 Å². The molecule has 11 heteroatoms. The van der Waals surface area contributed by atoms with Gasteiger partial charge in [0.15, 0.2) is 0 Å². The topological polar surface area (TPSA) is 160 Å². The lowest BCUT2D eigenvalue weighted by molar-refractivity contribution is -0.117. The van der Waals surface area contributed by atoms with Gasteiger partial charge in [0, 0.05) is 12.6 Å². The van der Waals surface area contributed by atoms with Gasteiger partial charge < -0.3 is 5.73 Å². The van der Waals surface area contributed by atoms with Crippen molar-refractivity contribution in [2.24, 2.45) is 5.11 Å². The van der Waals surface area contributed by atoms with E-state index in [2.05, 4.69) is 5.11 Å². The first-order chi connectivity index (χ1) is 11.6. The van der Waals surface area contributed by atoms with Crippen molar-refractivity contribution >= 4 is 37.1 Å². The molecule has 0 saturated carbocycles. The van der Waals surface area contributed by atoms with E-state index in [-0.39, 0.29) is 10.6 Å². The molecule has 0 aliphatic heterocycles. The van der Waals surface area contributed by atoms with Crippen molar-refractivity contribution in [3.05, 3.63) is 42.5 Å². The molecule has 4 N–H and O–H groups in total. The van der Waals surface area contributed by atoms with Crippen LogP contribution in [0.4, 0.5) is 11.4 Å². The maximum atomic E-state index is 12.8. The summed E-state index contributed by atoms with van der Waals surface area (Å²) in [5.74, 6) is -0.885. The Morgan fingerprint density at radius 3 is 2.16 bits per heavy atom. The molecule has 0 radical (unpaired) electrons. The van der Waals surface area contributed by atoms with E-state index in [1.807, 2.05) is 0 Å². The second-order valence-electron chi connectivity index (χ2n) is 4.98. The molecule has 0 bridgehead atoms. The fraction of sp³-hybridized carbons (Fsp3) is 0.0714. The number of nitrogens with two attached hydrogens (primary N) is 1. The maximum absolute atomic E-state index is 12.8. The van der Waals surface area contributed by atoms with Gasteiger partial charge in [0.2, 0.25) is 15.7 Å². The molecule has 132 valence electrons. The van der Waals surface area contributed by atoms with Crippen LogP contribution in [0.5, 0.6) is 0 Å². The Labute approximate surface area is 144 Å². The third-order valence-corrected chi connectivity index (χ3v) is 6.53. The summed E-state index contributed by atoms with van der Waals surface area (Å²) in [6.45, 7) is 0.977. The molecule has 0 atom stereocenters. The average molecular weight is 382 g/mol. The molecule has 0 unspecified atom stereocenters. The molecule has 0 aliphatic rings. The number of benzene rings is 2. The molecule has 2 aromatic rings.